The van der Waals surface area contributed by atoms with E-state index in [0.29, 0.717) is 27.8 Å². The van der Waals surface area contributed by atoms with E-state index < -0.39 is 11.8 Å². The maximum absolute atomic E-state index is 13.1. The number of methoxy groups -OCH3 is 2. The number of halogens is 1. The molecule has 1 fully saturated rings. The molecule has 0 saturated carbocycles. The predicted octanol–water partition coefficient (Wildman–Crippen LogP) is 3.50. The monoisotopic (exact) mass is 416 g/mol. The zero-order valence-electron chi connectivity index (χ0n) is 15.4. The summed E-state index contributed by atoms with van der Waals surface area (Å²) in [5.41, 5.74) is 1.88. The van der Waals surface area contributed by atoms with Crippen molar-refractivity contribution in [2.75, 3.05) is 19.1 Å². The van der Waals surface area contributed by atoms with Gasteiger partial charge < -0.3 is 9.47 Å². The van der Waals surface area contributed by atoms with E-state index in [-0.39, 0.29) is 10.7 Å². The predicted molar refractivity (Wildman–Crippen MR) is 112 cm³/mol. The summed E-state index contributed by atoms with van der Waals surface area (Å²) >= 11 is 11.2. The molecular weight excluding hydrogens is 400 g/mol. The van der Waals surface area contributed by atoms with Gasteiger partial charge in [-0.25, -0.2) is 0 Å². The molecule has 0 radical (unpaired) electrons. The quantitative estimate of drug-likeness (QED) is 0.469. The van der Waals surface area contributed by atoms with Crippen molar-refractivity contribution in [3.63, 3.8) is 0 Å². The van der Waals surface area contributed by atoms with Crippen LogP contribution in [-0.2, 0) is 9.59 Å². The van der Waals surface area contributed by atoms with Gasteiger partial charge in [0.15, 0.2) is 16.6 Å². The summed E-state index contributed by atoms with van der Waals surface area (Å²) in [6.07, 6.45) is 1.51. The highest BCUT2D eigenvalue weighted by atomic mass is 35.5. The Hall–Kier alpha value is -2.90. The molecule has 6 nitrogen and oxygen atoms in total. The smallest absolute Gasteiger partial charge is 0.270 e. The Labute approximate surface area is 172 Å². The van der Waals surface area contributed by atoms with Crippen LogP contribution in [0.15, 0.2) is 42.0 Å². The van der Waals surface area contributed by atoms with Crippen LogP contribution in [0.4, 0.5) is 5.69 Å². The van der Waals surface area contributed by atoms with Crippen molar-refractivity contribution < 1.29 is 19.1 Å². The number of aryl methyl sites for hydroxylation is 1. The van der Waals surface area contributed by atoms with E-state index in [0.717, 1.165) is 5.56 Å². The number of benzene rings is 2. The second-order valence-corrected chi connectivity index (χ2v) is 6.82. The molecule has 0 unspecified atom stereocenters. The van der Waals surface area contributed by atoms with E-state index in [1.807, 2.05) is 6.92 Å². The molecule has 0 spiro atoms. The number of carbonyl (C=O) groups excluding carboxylic acids is 2. The molecule has 28 heavy (non-hydrogen) atoms. The average molecular weight is 417 g/mol. The first-order valence-corrected chi connectivity index (χ1v) is 9.04. The fraction of sp³-hybridized carbons (Fsp3) is 0.150. The molecule has 1 aliphatic heterocycles. The van der Waals surface area contributed by atoms with Gasteiger partial charge in [0.05, 0.1) is 19.9 Å². The fourth-order valence-corrected chi connectivity index (χ4v) is 3.28. The van der Waals surface area contributed by atoms with Crippen molar-refractivity contribution in [2.24, 2.45) is 0 Å². The lowest BCUT2D eigenvalue weighted by Crippen LogP contribution is -2.54. The minimum atomic E-state index is -0.567. The summed E-state index contributed by atoms with van der Waals surface area (Å²) in [7, 11) is 3.05. The third kappa shape index (κ3) is 3.72. The molecule has 0 aliphatic carbocycles. The highest BCUT2D eigenvalue weighted by Gasteiger charge is 2.34. The van der Waals surface area contributed by atoms with Gasteiger partial charge in [0.25, 0.3) is 11.8 Å². The van der Waals surface area contributed by atoms with Crippen molar-refractivity contribution in [1.29, 1.82) is 0 Å². The first-order chi connectivity index (χ1) is 13.3. The van der Waals surface area contributed by atoms with Crippen molar-refractivity contribution in [1.82, 2.24) is 5.32 Å². The number of carbonyl (C=O) groups is 2. The number of nitrogens with zero attached hydrogens (tertiary/aromatic N) is 1. The molecule has 1 N–H and O–H groups in total. The average Bonchev–Trinajstić information content (AvgIpc) is 2.65. The minimum absolute atomic E-state index is 0.00144. The number of nitrogens with one attached hydrogen (secondary N) is 1. The molecule has 2 aromatic carbocycles. The Morgan fingerprint density at radius 3 is 2.43 bits per heavy atom. The second kappa shape index (κ2) is 8.00. The largest absolute Gasteiger partial charge is 0.493 e. The van der Waals surface area contributed by atoms with Gasteiger partial charge in [-0.05, 0) is 66.7 Å². The van der Waals surface area contributed by atoms with E-state index in [9.17, 15) is 9.59 Å². The molecule has 0 atom stereocenters. The molecule has 2 amide bonds. The molecule has 0 aromatic heterocycles. The maximum atomic E-state index is 13.1. The van der Waals surface area contributed by atoms with Crippen LogP contribution in [0.3, 0.4) is 0 Å². The van der Waals surface area contributed by atoms with Gasteiger partial charge in [0, 0.05) is 5.02 Å². The van der Waals surface area contributed by atoms with E-state index in [2.05, 4.69) is 5.32 Å². The number of hydrogen-bond acceptors (Lipinski definition) is 5. The Morgan fingerprint density at radius 1 is 1.11 bits per heavy atom. The third-order valence-electron chi connectivity index (χ3n) is 4.24. The first-order valence-electron chi connectivity index (χ1n) is 8.25. The van der Waals surface area contributed by atoms with Crippen molar-refractivity contribution in [3.8, 4) is 11.5 Å². The summed E-state index contributed by atoms with van der Waals surface area (Å²) in [5.74, 6) is -0.0539. The number of rotatable bonds is 4. The van der Waals surface area contributed by atoms with Gasteiger partial charge in [0.2, 0.25) is 0 Å². The first kappa shape index (κ1) is 19.9. The van der Waals surface area contributed by atoms with Gasteiger partial charge in [-0.2, -0.15) is 0 Å². The Morgan fingerprint density at radius 2 is 1.79 bits per heavy atom. The lowest BCUT2D eigenvalue weighted by Gasteiger charge is -2.29. The highest BCUT2D eigenvalue weighted by Crippen LogP contribution is 2.32. The van der Waals surface area contributed by atoms with Gasteiger partial charge in [-0.3, -0.25) is 19.8 Å². The molecule has 1 saturated heterocycles. The van der Waals surface area contributed by atoms with Gasteiger partial charge in [-0.1, -0.05) is 17.7 Å². The van der Waals surface area contributed by atoms with Crippen LogP contribution in [0.1, 0.15) is 11.1 Å². The molecule has 0 bridgehead atoms. The van der Waals surface area contributed by atoms with E-state index in [1.165, 1.54) is 25.2 Å². The Bertz CT molecular complexity index is 1020. The zero-order chi connectivity index (χ0) is 20.4. The van der Waals surface area contributed by atoms with E-state index >= 15 is 0 Å². The Kier molecular flexibility index (Phi) is 5.67. The van der Waals surface area contributed by atoms with Gasteiger partial charge >= 0.3 is 0 Å². The standard InChI is InChI=1S/C20H17ClN2O4S/c1-11-7-16(26-2)17(27-3)9-12(11)8-15-18(24)22-20(28)23(19(15)25)14-6-4-5-13(21)10-14/h4-10H,1-3H3,(H,22,24,28). The Balaban J connectivity index is 2.07. The van der Waals surface area contributed by atoms with Crippen LogP contribution in [0, 0.1) is 6.92 Å². The molecule has 2 aromatic rings. The van der Waals surface area contributed by atoms with Crippen LogP contribution in [0.2, 0.25) is 5.02 Å². The minimum Gasteiger partial charge on any atom is -0.493 e. The summed E-state index contributed by atoms with van der Waals surface area (Å²) in [6, 6.07) is 10.2. The fourth-order valence-electron chi connectivity index (χ4n) is 2.81. The van der Waals surface area contributed by atoms with E-state index in [4.69, 9.17) is 33.3 Å². The molecule has 1 heterocycles. The summed E-state index contributed by atoms with van der Waals surface area (Å²) < 4.78 is 10.6. The highest BCUT2D eigenvalue weighted by molar-refractivity contribution is 7.80. The number of hydrogen-bond donors (Lipinski definition) is 1. The number of ether oxygens (including phenoxy) is 2. The van der Waals surface area contributed by atoms with E-state index in [1.54, 1.807) is 36.4 Å². The molecule has 144 valence electrons. The molecule has 1 aliphatic rings. The maximum Gasteiger partial charge on any atom is 0.270 e. The second-order valence-electron chi connectivity index (χ2n) is 6.00. The van der Waals surface area contributed by atoms with Crippen molar-refractivity contribution >= 4 is 52.5 Å². The number of anilines is 1. The normalized spacial score (nSPS) is 15.6. The summed E-state index contributed by atoms with van der Waals surface area (Å²) in [5, 5.41) is 3.00. The zero-order valence-corrected chi connectivity index (χ0v) is 17.0. The lowest BCUT2D eigenvalue weighted by molar-refractivity contribution is -0.122. The van der Waals surface area contributed by atoms with Crippen molar-refractivity contribution in [3.05, 3.63) is 58.1 Å². The van der Waals surface area contributed by atoms with Crippen molar-refractivity contribution in [2.45, 2.75) is 6.92 Å². The molecule has 3 rings (SSSR count). The number of amides is 2. The van der Waals surface area contributed by atoms with Crippen LogP contribution in [0.25, 0.3) is 6.08 Å². The van der Waals surface area contributed by atoms with Crippen LogP contribution in [0.5, 0.6) is 11.5 Å². The topological polar surface area (TPSA) is 67.9 Å². The molecule has 8 heteroatoms. The third-order valence-corrected chi connectivity index (χ3v) is 4.76. The molecular formula is C20H17ClN2O4S. The summed E-state index contributed by atoms with van der Waals surface area (Å²) in [6.45, 7) is 1.85. The van der Waals surface area contributed by atoms with Crippen LogP contribution >= 0.6 is 23.8 Å². The van der Waals surface area contributed by atoms with Crippen LogP contribution < -0.4 is 19.7 Å². The number of thiocarbonyl (C=S) groups is 1. The van der Waals surface area contributed by atoms with Crippen LogP contribution in [-0.4, -0.2) is 31.1 Å². The van der Waals surface area contributed by atoms with Gasteiger partial charge in [-0.15, -0.1) is 0 Å². The lowest BCUT2D eigenvalue weighted by atomic mass is 10.0. The SMILES string of the molecule is COc1cc(C)c(C=C2C(=O)NC(=S)N(c3cccc(Cl)c3)C2=O)cc1OC. The summed E-state index contributed by atoms with van der Waals surface area (Å²) in [4.78, 5) is 26.8. The van der Waals surface area contributed by atoms with Gasteiger partial charge in [0.1, 0.15) is 5.57 Å².